The van der Waals surface area contributed by atoms with Gasteiger partial charge in [-0.25, -0.2) is 0 Å². The summed E-state index contributed by atoms with van der Waals surface area (Å²) in [6, 6.07) is 12.4. The van der Waals surface area contributed by atoms with Crippen molar-refractivity contribution in [3.63, 3.8) is 0 Å². The minimum atomic E-state index is -0.238. The van der Waals surface area contributed by atoms with E-state index in [2.05, 4.69) is 5.32 Å². The average Bonchev–Trinajstić information content (AvgIpc) is 2.51. The van der Waals surface area contributed by atoms with Gasteiger partial charge in [-0.15, -0.1) is 0 Å². The molecule has 0 saturated heterocycles. The molecule has 2 rings (SSSR count). The molecule has 0 radical (unpaired) electrons. The van der Waals surface area contributed by atoms with E-state index in [1.54, 1.807) is 23.1 Å². The Morgan fingerprint density at radius 3 is 2.54 bits per heavy atom. The molecule has 0 saturated carbocycles. The summed E-state index contributed by atoms with van der Waals surface area (Å²) in [5.74, 6) is -0.354. The normalized spacial score (nSPS) is 10.3. The lowest BCUT2D eigenvalue weighted by Crippen LogP contribution is -2.32. The molecule has 2 amide bonds. The van der Waals surface area contributed by atoms with Crippen LogP contribution in [-0.4, -0.2) is 18.4 Å². The Balaban J connectivity index is 2.03. The van der Waals surface area contributed by atoms with Crippen molar-refractivity contribution in [1.82, 2.24) is 0 Å². The maximum atomic E-state index is 12.2. The van der Waals surface area contributed by atoms with E-state index in [9.17, 15) is 9.59 Å². The van der Waals surface area contributed by atoms with E-state index in [0.717, 1.165) is 11.3 Å². The van der Waals surface area contributed by atoms with Crippen LogP contribution in [0.3, 0.4) is 0 Å². The van der Waals surface area contributed by atoms with Crippen LogP contribution in [-0.2, 0) is 9.59 Å². The van der Waals surface area contributed by atoms with Gasteiger partial charge in [-0.3, -0.25) is 9.59 Å². The summed E-state index contributed by atoms with van der Waals surface area (Å²) in [6.07, 6.45) is 0.149. The van der Waals surface area contributed by atoms with Crippen LogP contribution in [0.2, 0.25) is 10.0 Å². The molecule has 0 aromatic heterocycles. The molecule has 2 aromatic rings. The Morgan fingerprint density at radius 1 is 1.12 bits per heavy atom. The monoisotopic (exact) mass is 364 g/mol. The number of nitrogens with one attached hydrogen (secondary N) is 1. The highest BCUT2D eigenvalue weighted by Crippen LogP contribution is 2.25. The Morgan fingerprint density at radius 2 is 1.88 bits per heavy atom. The van der Waals surface area contributed by atoms with Gasteiger partial charge in [-0.2, -0.15) is 0 Å². The Hall–Kier alpha value is -2.04. The third kappa shape index (κ3) is 4.98. The van der Waals surface area contributed by atoms with Crippen LogP contribution in [0, 0.1) is 6.92 Å². The van der Waals surface area contributed by atoms with Crippen molar-refractivity contribution in [3.05, 3.63) is 58.1 Å². The summed E-state index contributed by atoms with van der Waals surface area (Å²) >= 11 is 11.9. The second kappa shape index (κ2) is 8.18. The highest BCUT2D eigenvalue weighted by Gasteiger charge is 2.14. The SMILES string of the molecule is CC(=O)N(CCC(=O)Nc1cc(Cl)ccc1Cl)c1cccc(C)c1. The standard InChI is InChI=1S/C18H18Cl2N2O2/c1-12-4-3-5-15(10-12)22(13(2)23)9-8-18(24)21-17-11-14(19)6-7-16(17)20/h3-7,10-11H,8-9H2,1-2H3,(H,21,24). The van der Waals surface area contributed by atoms with Crippen molar-refractivity contribution >= 4 is 46.4 Å². The van der Waals surface area contributed by atoms with Gasteiger partial charge in [0.15, 0.2) is 0 Å². The van der Waals surface area contributed by atoms with E-state index in [1.807, 2.05) is 31.2 Å². The van der Waals surface area contributed by atoms with Gasteiger partial charge in [0, 0.05) is 30.6 Å². The van der Waals surface area contributed by atoms with Crippen molar-refractivity contribution in [2.24, 2.45) is 0 Å². The van der Waals surface area contributed by atoms with Crippen LogP contribution < -0.4 is 10.2 Å². The highest BCUT2D eigenvalue weighted by atomic mass is 35.5. The number of aryl methyl sites for hydroxylation is 1. The van der Waals surface area contributed by atoms with E-state index in [4.69, 9.17) is 23.2 Å². The van der Waals surface area contributed by atoms with Crippen LogP contribution in [0.15, 0.2) is 42.5 Å². The highest BCUT2D eigenvalue weighted by molar-refractivity contribution is 6.35. The number of hydrogen-bond donors (Lipinski definition) is 1. The lowest BCUT2D eigenvalue weighted by atomic mass is 10.2. The molecular weight excluding hydrogens is 347 g/mol. The first-order chi connectivity index (χ1) is 11.4. The minimum Gasteiger partial charge on any atom is -0.325 e. The molecule has 0 aliphatic heterocycles. The summed E-state index contributed by atoms with van der Waals surface area (Å²) in [6.45, 7) is 3.71. The molecule has 2 aromatic carbocycles. The molecule has 4 nitrogen and oxygen atoms in total. The van der Waals surface area contributed by atoms with E-state index < -0.39 is 0 Å². The summed E-state index contributed by atoms with van der Waals surface area (Å²) in [4.78, 5) is 25.6. The topological polar surface area (TPSA) is 49.4 Å². The second-order valence-electron chi connectivity index (χ2n) is 5.43. The molecule has 126 valence electrons. The third-order valence-electron chi connectivity index (χ3n) is 3.46. The van der Waals surface area contributed by atoms with Crippen molar-refractivity contribution < 1.29 is 9.59 Å². The number of nitrogens with zero attached hydrogens (tertiary/aromatic N) is 1. The fraction of sp³-hybridized carbons (Fsp3) is 0.222. The van der Waals surface area contributed by atoms with Gasteiger partial charge >= 0.3 is 0 Å². The zero-order valence-corrected chi connectivity index (χ0v) is 15.0. The molecule has 6 heteroatoms. The number of amides is 2. The van der Waals surface area contributed by atoms with Crippen LogP contribution in [0.5, 0.6) is 0 Å². The maximum Gasteiger partial charge on any atom is 0.226 e. The third-order valence-corrected chi connectivity index (χ3v) is 4.02. The summed E-state index contributed by atoms with van der Waals surface area (Å²) < 4.78 is 0. The van der Waals surface area contributed by atoms with Crippen molar-refractivity contribution in [3.8, 4) is 0 Å². The number of carbonyl (C=O) groups excluding carboxylic acids is 2. The largest absolute Gasteiger partial charge is 0.325 e. The number of hydrogen-bond acceptors (Lipinski definition) is 2. The fourth-order valence-corrected chi connectivity index (χ4v) is 2.62. The molecule has 0 fully saturated rings. The quantitative estimate of drug-likeness (QED) is 0.836. The molecule has 0 aliphatic carbocycles. The molecule has 0 unspecified atom stereocenters. The Kier molecular flexibility index (Phi) is 6.23. The smallest absolute Gasteiger partial charge is 0.226 e. The van der Waals surface area contributed by atoms with Gasteiger partial charge in [-0.1, -0.05) is 35.3 Å². The Labute approximate surface area is 151 Å². The second-order valence-corrected chi connectivity index (χ2v) is 6.28. The van der Waals surface area contributed by atoms with Crippen LogP contribution in [0.4, 0.5) is 11.4 Å². The molecule has 24 heavy (non-hydrogen) atoms. The van der Waals surface area contributed by atoms with Gasteiger partial charge in [0.05, 0.1) is 10.7 Å². The number of benzene rings is 2. The van der Waals surface area contributed by atoms with E-state index in [-0.39, 0.29) is 24.8 Å². The van der Waals surface area contributed by atoms with Crippen molar-refractivity contribution in [2.75, 3.05) is 16.8 Å². The van der Waals surface area contributed by atoms with Gasteiger partial charge in [0.25, 0.3) is 0 Å². The van der Waals surface area contributed by atoms with E-state index in [0.29, 0.717) is 15.7 Å². The van der Waals surface area contributed by atoms with Crippen molar-refractivity contribution in [1.29, 1.82) is 0 Å². The number of anilines is 2. The molecule has 0 atom stereocenters. The summed E-state index contributed by atoms with van der Waals surface area (Å²) in [5, 5.41) is 3.61. The zero-order valence-electron chi connectivity index (χ0n) is 13.5. The first-order valence-electron chi connectivity index (χ1n) is 7.46. The fourth-order valence-electron chi connectivity index (χ4n) is 2.28. The van der Waals surface area contributed by atoms with Crippen LogP contribution in [0.25, 0.3) is 0 Å². The predicted molar refractivity (Wildman–Crippen MR) is 98.9 cm³/mol. The van der Waals surface area contributed by atoms with Gasteiger partial charge < -0.3 is 10.2 Å². The van der Waals surface area contributed by atoms with Gasteiger partial charge in [0.2, 0.25) is 11.8 Å². The van der Waals surface area contributed by atoms with Gasteiger partial charge in [0.1, 0.15) is 0 Å². The molecule has 0 bridgehead atoms. The van der Waals surface area contributed by atoms with Gasteiger partial charge in [-0.05, 0) is 42.8 Å². The Bertz CT molecular complexity index is 762. The van der Waals surface area contributed by atoms with E-state index in [1.165, 1.54) is 6.92 Å². The van der Waals surface area contributed by atoms with Crippen molar-refractivity contribution in [2.45, 2.75) is 20.3 Å². The van der Waals surface area contributed by atoms with E-state index >= 15 is 0 Å². The lowest BCUT2D eigenvalue weighted by Gasteiger charge is -2.21. The summed E-state index contributed by atoms with van der Waals surface area (Å²) in [5.41, 5.74) is 2.28. The van der Waals surface area contributed by atoms with Crippen LogP contribution >= 0.6 is 23.2 Å². The first-order valence-corrected chi connectivity index (χ1v) is 8.22. The molecule has 0 spiro atoms. The molecule has 0 aliphatic rings. The number of halogens is 2. The molecular formula is C18H18Cl2N2O2. The first kappa shape index (κ1) is 18.3. The number of carbonyl (C=O) groups is 2. The maximum absolute atomic E-state index is 12.2. The average molecular weight is 365 g/mol. The zero-order chi connectivity index (χ0) is 17.7. The number of rotatable bonds is 5. The summed E-state index contributed by atoms with van der Waals surface area (Å²) in [7, 11) is 0. The van der Waals surface area contributed by atoms with Crippen LogP contribution in [0.1, 0.15) is 18.9 Å². The molecule has 0 heterocycles. The lowest BCUT2D eigenvalue weighted by molar-refractivity contribution is -0.117. The predicted octanol–water partition coefficient (Wildman–Crippen LogP) is 4.68. The minimum absolute atomic E-state index is 0.116. The molecule has 1 N–H and O–H groups in total.